The average Bonchev–Trinajstić information content (AvgIpc) is 3.32. The highest BCUT2D eigenvalue weighted by Crippen LogP contribution is 2.34. The first-order chi connectivity index (χ1) is 17.1. The molecule has 9 heteroatoms. The van der Waals surface area contributed by atoms with Gasteiger partial charge in [-0.3, -0.25) is 4.79 Å². The van der Waals surface area contributed by atoms with E-state index in [-0.39, 0.29) is 35.9 Å². The van der Waals surface area contributed by atoms with E-state index in [9.17, 15) is 13.2 Å². The lowest BCUT2D eigenvalue weighted by molar-refractivity contribution is -0.135. The fraction of sp³-hybridized carbons (Fsp3) is 0.370. The van der Waals surface area contributed by atoms with Crippen molar-refractivity contribution >= 4 is 38.9 Å². The molecule has 1 unspecified atom stereocenters. The number of aryl methyl sites for hydroxylation is 1. The molecule has 2 heterocycles. The Morgan fingerprint density at radius 3 is 2.50 bits per heavy atom. The number of sulfonamides is 1. The van der Waals surface area contributed by atoms with E-state index in [1.807, 2.05) is 56.5 Å². The molecule has 1 aliphatic rings. The summed E-state index contributed by atoms with van der Waals surface area (Å²) in [6, 6.07) is 15.6. The van der Waals surface area contributed by atoms with Crippen LogP contribution in [-0.4, -0.2) is 49.8 Å². The summed E-state index contributed by atoms with van der Waals surface area (Å²) in [6.45, 7) is 6.71. The SMILES string of the molecule is Cc1ccc(OCC2c3ccsc3CCN2C(=O)CN(CC(C)C)S(=O)(=O)c2ccc(Cl)cc2)cc1. The molecule has 1 aliphatic heterocycles. The Morgan fingerprint density at radius 2 is 1.83 bits per heavy atom. The summed E-state index contributed by atoms with van der Waals surface area (Å²) in [5.74, 6) is 0.551. The molecule has 0 bridgehead atoms. The molecule has 4 rings (SSSR count). The third-order valence-electron chi connectivity index (χ3n) is 6.18. The Labute approximate surface area is 222 Å². The van der Waals surface area contributed by atoms with Crippen molar-refractivity contribution in [3.8, 4) is 5.75 Å². The Balaban J connectivity index is 1.57. The lowest BCUT2D eigenvalue weighted by atomic mass is 10.0. The number of carbonyl (C=O) groups is 1. The molecule has 0 saturated heterocycles. The molecule has 6 nitrogen and oxygen atoms in total. The number of hydrogen-bond donors (Lipinski definition) is 0. The standard InChI is InChI=1S/C27H31ClN2O4S2/c1-19(2)16-29(36(32,33)23-10-6-21(28)7-11-23)17-27(31)30-14-12-26-24(13-15-35-26)25(30)18-34-22-8-4-20(3)5-9-22/h4-11,13,15,19,25H,12,14,16-18H2,1-3H3. The first-order valence-electron chi connectivity index (χ1n) is 12.0. The number of nitrogens with zero attached hydrogens (tertiary/aromatic N) is 2. The van der Waals surface area contributed by atoms with Crippen LogP contribution in [0.2, 0.25) is 5.02 Å². The predicted molar refractivity (Wildman–Crippen MR) is 144 cm³/mol. The number of benzene rings is 2. The van der Waals surface area contributed by atoms with Crippen LogP contribution in [0.25, 0.3) is 0 Å². The molecular weight excluding hydrogens is 516 g/mol. The predicted octanol–water partition coefficient (Wildman–Crippen LogP) is 5.56. The summed E-state index contributed by atoms with van der Waals surface area (Å²) < 4.78 is 34.3. The van der Waals surface area contributed by atoms with Crippen LogP contribution in [0, 0.1) is 12.8 Å². The summed E-state index contributed by atoms with van der Waals surface area (Å²) >= 11 is 7.64. The largest absolute Gasteiger partial charge is 0.491 e. The van der Waals surface area contributed by atoms with Gasteiger partial charge in [-0.15, -0.1) is 11.3 Å². The lowest BCUT2D eigenvalue weighted by Crippen LogP contribution is -2.48. The molecule has 0 aliphatic carbocycles. The van der Waals surface area contributed by atoms with Gasteiger partial charge in [0, 0.05) is 23.0 Å². The Bertz CT molecular complexity index is 1290. The number of thiophene rings is 1. The van der Waals surface area contributed by atoms with Crippen LogP contribution in [0.3, 0.4) is 0 Å². The molecule has 0 N–H and O–H groups in total. The summed E-state index contributed by atoms with van der Waals surface area (Å²) in [7, 11) is -3.88. The molecule has 1 amide bonds. The second-order valence-corrected chi connectivity index (χ2v) is 12.8. The van der Waals surface area contributed by atoms with Gasteiger partial charge >= 0.3 is 0 Å². The fourth-order valence-electron chi connectivity index (χ4n) is 4.34. The van der Waals surface area contributed by atoms with E-state index in [0.29, 0.717) is 18.2 Å². The Kier molecular flexibility index (Phi) is 8.40. The van der Waals surface area contributed by atoms with E-state index in [1.165, 1.54) is 21.3 Å². The summed E-state index contributed by atoms with van der Waals surface area (Å²) in [5, 5.41) is 2.49. The van der Waals surface area contributed by atoms with Gasteiger partial charge in [-0.2, -0.15) is 4.31 Å². The van der Waals surface area contributed by atoms with Gasteiger partial charge < -0.3 is 9.64 Å². The van der Waals surface area contributed by atoms with Crippen LogP contribution in [0.4, 0.5) is 0 Å². The second-order valence-electron chi connectivity index (χ2n) is 9.42. The second kappa shape index (κ2) is 11.3. The lowest BCUT2D eigenvalue weighted by Gasteiger charge is -2.37. The number of fused-ring (bicyclic) bond motifs is 1. The third-order valence-corrected chi connectivity index (χ3v) is 9.25. The summed E-state index contributed by atoms with van der Waals surface area (Å²) in [6.07, 6.45) is 0.744. The molecule has 0 radical (unpaired) electrons. The Hall–Kier alpha value is -2.39. The third kappa shape index (κ3) is 6.11. The molecule has 192 valence electrons. The maximum absolute atomic E-state index is 13.7. The zero-order chi connectivity index (χ0) is 25.9. The average molecular weight is 547 g/mol. The molecule has 2 aromatic carbocycles. The van der Waals surface area contributed by atoms with Crippen LogP contribution in [0.1, 0.15) is 35.9 Å². The van der Waals surface area contributed by atoms with Crippen LogP contribution < -0.4 is 4.74 Å². The van der Waals surface area contributed by atoms with Crippen molar-refractivity contribution in [2.75, 3.05) is 26.2 Å². The minimum absolute atomic E-state index is 0.0466. The van der Waals surface area contributed by atoms with E-state index in [0.717, 1.165) is 23.3 Å². The van der Waals surface area contributed by atoms with Gasteiger partial charge in [0.1, 0.15) is 12.4 Å². The van der Waals surface area contributed by atoms with Crippen LogP contribution in [0.5, 0.6) is 5.75 Å². The molecule has 1 atom stereocenters. The smallest absolute Gasteiger partial charge is 0.243 e. The zero-order valence-electron chi connectivity index (χ0n) is 20.7. The highest BCUT2D eigenvalue weighted by molar-refractivity contribution is 7.89. The molecule has 0 fully saturated rings. The summed E-state index contributed by atoms with van der Waals surface area (Å²) in [4.78, 5) is 16.8. The number of hydrogen-bond acceptors (Lipinski definition) is 5. The molecule has 0 spiro atoms. The van der Waals surface area contributed by atoms with E-state index in [4.69, 9.17) is 16.3 Å². The van der Waals surface area contributed by atoms with Crippen molar-refractivity contribution in [1.82, 2.24) is 9.21 Å². The number of carbonyl (C=O) groups excluding carboxylic acids is 1. The molecular formula is C27H31ClN2O4S2. The van der Waals surface area contributed by atoms with Gasteiger partial charge in [0.05, 0.1) is 17.5 Å². The quantitative estimate of drug-likeness (QED) is 0.352. The van der Waals surface area contributed by atoms with Gasteiger partial charge in [0.2, 0.25) is 15.9 Å². The summed E-state index contributed by atoms with van der Waals surface area (Å²) in [5.41, 5.74) is 2.21. The topological polar surface area (TPSA) is 66.9 Å². The van der Waals surface area contributed by atoms with Gasteiger partial charge in [-0.05, 0) is 72.7 Å². The van der Waals surface area contributed by atoms with E-state index in [2.05, 4.69) is 0 Å². The van der Waals surface area contributed by atoms with Gasteiger partial charge in [0.15, 0.2) is 0 Å². The van der Waals surface area contributed by atoms with Crippen molar-refractivity contribution in [2.45, 2.75) is 38.1 Å². The highest BCUT2D eigenvalue weighted by atomic mass is 35.5. The van der Waals surface area contributed by atoms with Crippen LogP contribution in [0.15, 0.2) is 64.9 Å². The van der Waals surface area contributed by atoms with E-state index >= 15 is 0 Å². The van der Waals surface area contributed by atoms with Crippen LogP contribution >= 0.6 is 22.9 Å². The Morgan fingerprint density at radius 1 is 1.14 bits per heavy atom. The maximum Gasteiger partial charge on any atom is 0.243 e. The molecule has 0 saturated carbocycles. The van der Waals surface area contributed by atoms with Gasteiger partial charge in [-0.25, -0.2) is 8.42 Å². The van der Waals surface area contributed by atoms with E-state index in [1.54, 1.807) is 28.4 Å². The number of rotatable bonds is 9. The van der Waals surface area contributed by atoms with Crippen LogP contribution in [-0.2, 0) is 21.2 Å². The van der Waals surface area contributed by atoms with Crippen molar-refractivity contribution in [2.24, 2.45) is 5.92 Å². The monoisotopic (exact) mass is 546 g/mol. The minimum atomic E-state index is -3.88. The first-order valence-corrected chi connectivity index (χ1v) is 14.7. The normalized spacial score (nSPS) is 15.8. The highest BCUT2D eigenvalue weighted by Gasteiger charge is 2.35. The number of halogens is 1. The molecule has 1 aromatic heterocycles. The van der Waals surface area contributed by atoms with Gasteiger partial charge in [0.25, 0.3) is 0 Å². The first kappa shape index (κ1) is 26.7. The fourth-order valence-corrected chi connectivity index (χ4v) is 6.94. The zero-order valence-corrected chi connectivity index (χ0v) is 23.1. The number of amides is 1. The van der Waals surface area contributed by atoms with Crippen molar-refractivity contribution in [1.29, 1.82) is 0 Å². The molecule has 36 heavy (non-hydrogen) atoms. The number of ether oxygens (including phenoxy) is 1. The van der Waals surface area contributed by atoms with Crippen molar-refractivity contribution < 1.29 is 17.9 Å². The van der Waals surface area contributed by atoms with Crippen molar-refractivity contribution in [3.05, 3.63) is 81.0 Å². The molecule has 3 aromatic rings. The maximum atomic E-state index is 13.7. The van der Waals surface area contributed by atoms with Gasteiger partial charge in [-0.1, -0.05) is 43.1 Å². The van der Waals surface area contributed by atoms with E-state index < -0.39 is 10.0 Å². The van der Waals surface area contributed by atoms with Crippen molar-refractivity contribution in [3.63, 3.8) is 0 Å². The minimum Gasteiger partial charge on any atom is -0.491 e.